The molecule has 0 bridgehead atoms. The van der Waals surface area contributed by atoms with Gasteiger partial charge in [-0.25, -0.2) is 0 Å². The van der Waals surface area contributed by atoms with Crippen LogP contribution < -0.4 is 0 Å². The topological polar surface area (TPSA) is 26.3 Å². The minimum Gasteiger partial charge on any atom is -0.468 e. The van der Waals surface area contributed by atoms with Crippen molar-refractivity contribution >= 4 is 6.47 Å². The first-order valence-electron chi connectivity index (χ1n) is 5.51. The molecule has 0 aliphatic heterocycles. The van der Waals surface area contributed by atoms with Crippen LogP contribution in [0.15, 0.2) is 0 Å². The molecule has 2 nitrogen and oxygen atoms in total. The minimum absolute atomic E-state index is 0.429. The van der Waals surface area contributed by atoms with Crippen LogP contribution in [0.5, 0.6) is 0 Å². The van der Waals surface area contributed by atoms with Crippen molar-refractivity contribution < 1.29 is 9.53 Å². The Bertz CT molecular complexity index is 147. The fourth-order valence-electron chi connectivity index (χ4n) is 1.87. The Labute approximate surface area is 88.0 Å². The van der Waals surface area contributed by atoms with Crippen molar-refractivity contribution in [2.75, 3.05) is 6.61 Å². The molecule has 0 heterocycles. The Hall–Kier alpha value is -0.530. The fourth-order valence-corrected chi connectivity index (χ4v) is 1.87. The molecular weight excluding hydrogens is 176 g/mol. The summed E-state index contributed by atoms with van der Waals surface area (Å²) in [5.74, 6) is 0.770. The predicted molar refractivity (Wildman–Crippen MR) is 59.1 cm³/mol. The summed E-state index contributed by atoms with van der Waals surface area (Å²) in [6.45, 7) is 10.2. The number of rotatable bonds is 7. The lowest BCUT2D eigenvalue weighted by atomic mass is 9.83. The lowest BCUT2D eigenvalue weighted by Crippen LogP contribution is -2.11. The number of hydrogen-bond donors (Lipinski definition) is 0. The molecule has 0 aliphatic carbocycles. The molecule has 0 fully saturated rings. The second-order valence-electron chi connectivity index (χ2n) is 5.33. The van der Waals surface area contributed by atoms with Crippen LogP contribution in [0.1, 0.15) is 53.4 Å². The summed E-state index contributed by atoms with van der Waals surface area (Å²) in [4.78, 5) is 9.87. The molecule has 0 N–H and O–H groups in total. The van der Waals surface area contributed by atoms with Gasteiger partial charge in [-0.05, 0) is 30.6 Å². The molecule has 1 unspecified atom stereocenters. The van der Waals surface area contributed by atoms with E-state index in [9.17, 15) is 4.79 Å². The van der Waals surface area contributed by atoms with Gasteiger partial charge < -0.3 is 4.74 Å². The van der Waals surface area contributed by atoms with Crippen molar-refractivity contribution in [3.8, 4) is 0 Å². The molecule has 0 amide bonds. The molecule has 0 rings (SSSR count). The molecule has 84 valence electrons. The third-order valence-electron chi connectivity index (χ3n) is 2.24. The molecule has 0 aromatic rings. The van der Waals surface area contributed by atoms with Gasteiger partial charge in [0, 0.05) is 0 Å². The first kappa shape index (κ1) is 13.5. The van der Waals surface area contributed by atoms with Gasteiger partial charge in [-0.1, -0.05) is 34.1 Å². The van der Waals surface area contributed by atoms with Gasteiger partial charge in [-0.15, -0.1) is 0 Å². The SMILES string of the molecule is CC(CCCCOC=O)CC(C)(C)C. The lowest BCUT2D eigenvalue weighted by molar-refractivity contribution is -0.128. The van der Waals surface area contributed by atoms with Gasteiger partial charge in [-0.2, -0.15) is 0 Å². The van der Waals surface area contributed by atoms with Crippen LogP contribution in [0.2, 0.25) is 0 Å². The second kappa shape index (κ2) is 6.86. The Balaban J connectivity index is 3.35. The Morgan fingerprint density at radius 1 is 1.29 bits per heavy atom. The summed E-state index contributed by atoms with van der Waals surface area (Å²) in [6.07, 6.45) is 4.65. The summed E-state index contributed by atoms with van der Waals surface area (Å²) >= 11 is 0. The van der Waals surface area contributed by atoms with Crippen LogP contribution in [0.3, 0.4) is 0 Å². The summed E-state index contributed by atoms with van der Waals surface area (Å²) < 4.78 is 4.64. The zero-order chi connectivity index (χ0) is 11.0. The van der Waals surface area contributed by atoms with E-state index in [1.807, 2.05) is 0 Å². The maximum atomic E-state index is 9.87. The molecule has 0 aliphatic rings. The predicted octanol–water partition coefficient (Wildman–Crippen LogP) is 3.40. The van der Waals surface area contributed by atoms with Crippen molar-refractivity contribution in [3.63, 3.8) is 0 Å². The van der Waals surface area contributed by atoms with E-state index in [-0.39, 0.29) is 0 Å². The monoisotopic (exact) mass is 200 g/mol. The molecule has 14 heavy (non-hydrogen) atoms. The Morgan fingerprint density at radius 3 is 2.43 bits per heavy atom. The Morgan fingerprint density at radius 2 is 1.93 bits per heavy atom. The number of carbonyl (C=O) groups excluding carboxylic acids is 1. The van der Waals surface area contributed by atoms with Crippen molar-refractivity contribution in [2.24, 2.45) is 11.3 Å². The maximum Gasteiger partial charge on any atom is 0.293 e. The molecule has 0 saturated heterocycles. The molecule has 1 atom stereocenters. The fraction of sp³-hybridized carbons (Fsp3) is 0.917. The highest BCUT2D eigenvalue weighted by atomic mass is 16.5. The van der Waals surface area contributed by atoms with Crippen LogP contribution >= 0.6 is 0 Å². The van der Waals surface area contributed by atoms with Crippen molar-refractivity contribution in [1.82, 2.24) is 0 Å². The minimum atomic E-state index is 0.429. The smallest absolute Gasteiger partial charge is 0.293 e. The van der Waals surface area contributed by atoms with Gasteiger partial charge in [0.1, 0.15) is 0 Å². The van der Waals surface area contributed by atoms with Gasteiger partial charge >= 0.3 is 0 Å². The number of hydrogen-bond acceptors (Lipinski definition) is 2. The summed E-state index contributed by atoms with van der Waals surface area (Å²) in [7, 11) is 0. The van der Waals surface area contributed by atoms with E-state index >= 15 is 0 Å². The lowest BCUT2D eigenvalue weighted by Gasteiger charge is -2.23. The van der Waals surface area contributed by atoms with Crippen LogP contribution in [0.4, 0.5) is 0 Å². The van der Waals surface area contributed by atoms with Crippen LogP contribution in [0.25, 0.3) is 0 Å². The van der Waals surface area contributed by atoms with E-state index in [0.29, 0.717) is 18.5 Å². The van der Waals surface area contributed by atoms with E-state index in [1.54, 1.807) is 0 Å². The number of unbranched alkanes of at least 4 members (excludes halogenated alkanes) is 1. The zero-order valence-electron chi connectivity index (χ0n) is 10.0. The van der Waals surface area contributed by atoms with Crippen LogP contribution in [-0.2, 0) is 9.53 Å². The van der Waals surface area contributed by atoms with Crippen LogP contribution in [0, 0.1) is 11.3 Å². The molecule has 0 aromatic carbocycles. The van der Waals surface area contributed by atoms with Gasteiger partial charge in [0.2, 0.25) is 0 Å². The maximum absolute atomic E-state index is 9.87. The highest BCUT2D eigenvalue weighted by molar-refractivity contribution is 5.36. The summed E-state index contributed by atoms with van der Waals surface area (Å²) in [5.41, 5.74) is 0.429. The van der Waals surface area contributed by atoms with Gasteiger partial charge in [0.25, 0.3) is 6.47 Å². The highest BCUT2D eigenvalue weighted by Gasteiger charge is 2.14. The molecule has 0 radical (unpaired) electrons. The highest BCUT2D eigenvalue weighted by Crippen LogP contribution is 2.26. The summed E-state index contributed by atoms with van der Waals surface area (Å²) in [5, 5.41) is 0. The number of ether oxygens (including phenoxy) is 1. The third kappa shape index (κ3) is 9.56. The van der Waals surface area contributed by atoms with E-state index in [4.69, 9.17) is 0 Å². The normalized spacial score (nSPS) is 13.7. The van der Waals surface area contributed by atoms with Gasteiger partial charge in [0.05, 0.1) is 6.61 Å². The first-order valence-corrected chi connectivity index (χ1v) is 5.51. The van der Waals surface area contributed by atoms with Gasteiger partial charge in [0.15, 0.2) is 0 Å². The molecule has 0 spiro atoms. The standard InChI is InChI=1S/C12H24O2/c1-11(9-12(2,3)4)7-5-6-8-14-10-13/h10-11H,5-9H2,1-4H3. The number of carbonyl (C=O) groups is 1. The van der Waals surface area contributed by atoms with Crippen molar-refractivity contribution in [1.29, 1.82) is 0 Å². The van der Waals surface area contributed by atoms with E-state index in [2.05, 4.69) is 32.4 Å². The summed E-state index contributed by atoms with van der Waals surface area (Å²) in [6, 6.07) is 0. The first-order chi connectivity index (χ1) is 6.45. The third-order valence-corrected chi connectivity index (χ3v) is 2.24. The quantitative estimate of drug-likeness (QED) is 0.465. The van der Waals surface area contributed by atoms with Crippen LogP contribution in [-0.4, -0.2) is 13.1 Å². The zero-order valence-corrected chi connectivity index (χ0v) is 10.0. The van der Waals surface area contributed by atoms with E-state index in [1.165, 1.54) is 12.8 Å². The van der Waals surface area contributed by atoms with Crippen molar-refractivity contribution in [2.45, 2.75) is 53.4 Å². The molecule has 0 aromatic heterocycles. The van der Waals surface area contributed by atoms with E-state index < -0.39 is 0 Å². The van der Waals surface area contributed by atoms with E-state index in [0.717, 1.165) is 18.8 Å². The average Bonchev–Trinajstić information content (AvgIpc) is 2.00. The van der Waals surface area contributed by atoms with Gasteiger partial charge in [-0.3, -0.25) is 4.79 Å². The molecular formula is C12H24O2. The average molecular weight is 200 g/mol. The second-order valence-corrected chi connectivity index (χ2v) is 5.33. The van der Waals surface area contributed by atoms with Crippen molar-refractivity contribution in [3.05, 3.63) is 0 Å². The molecule has 0 saturated carbocycles. The largest absolute Gasteiger partial charge is 0.468 e. The molecule has 2 heteroatoms. The Kier molecular flexibility index (Phi) is 6.60.